The van der Waals surface area contributed by atoms with Crippen LogP contribution in [0.25, 0.3) is 0 Å². The quantitative estimate of drug-likeness (QED) is 0.396. The van der Waals surface area contributed by atoms with Gasteiger partial charge < -0.3 is 10.6 Å². The summed E-state index contributed by atoms with van der Waals surface area (Å²) >= 11 is 0.983. The van der Waals surface area contributed by atoms with Crippen LogP contribution in [0.4, 0.5) is 13.2 Å². The minimum absolute atomic E-state index is 0. The first-order valence-electron chi connectivity index (χ1n) is 7.51. The highest BCUT2D eigenvalue weighted by Gasteiger charge is 2.33. The smallest absolute Gasteiger partial charge is 0.356 e. The number of rotatable bonds is 4. The molecule has 0 saturated heterocycles. The SMILES string of the molecule is CN=C(NCc1nc(C(F)(F)F)cs1)NCC1Cc2ccccc21.I. The highest BCUT2D eigenvalue weighted by atomic mass is 127. The molecule has 0 saturated carbocycles. The maximum absolute atomic E-state index is 12.5. The summed E-state index contributed by atoms with van der Waals surface area (Å²) < 4.78 is 37.6. The van der Waals surface area contributed by atoms with E-state index in [1.807, 2.05) is 12.1 Å². The number of benzene rings is 1. The maximum Gasteiger partial charge on any atom is 0.434 e. The van der Waals surface area contributed by atoms with Crippen LogP contribution in [0.15, 0.2) is 34.6 Å². The van der Waals surface area contributed by atoms with Gasteiger partial charge >= 0.3 is 6.18 Å². The largest absolute Gasteiger partial charge is 0.434 e. The molecule has 0 fully saturated rings. The third-order valence-corrected chi connectivity index (χ3v) is 4.80. The number of nitrogens with zero attached hydrogens (tertiary/aromatic N) is 2. The summed E-state index contributed by atoms with van der Waals surface area (Å²) in [7, 11) is 1.63. The summed E-state index contributed by atoms with van der Waals surface area (Å²) in [6.07, 6.45) is -3.37. The van der Waals surface area contributed by atoms with Gasteiger partial charge in [0.05, 0.1) is 6.54 Å². The Labute approximate surface area is 165 Å². The van der Waals surface area contributed by atoms with Crippen LogP contribution in [0.1, 0.15) is 27.7 Å². The molecule has 136 valence electrons. The summed E-state index contributed by atoms with van der Waals surface area (Å²) in [5, 5.41) is 7.61. The number of alkyl halides is 3. The van der Waals surface area contributed by atoms with Crippen molar-refractivity contribution >= 4 is 41.3 Å². The molecule has 1 aromatic carbocycles. The number of fused-ring (bicyclic) bond motifs is 1. The lowest BCUT2D eigenvalue weighted by Crippen LogP contribution is -2.40. The Hall–Kier alpha value is -1.36. The number of nitrogens with one attached hydrogen (secondary N) is 2. The van der Waals surface area contributed by atoms with Crippen molar-refractivity contribution in [1.29, 1.82) is 0 Å². The number of thiazole rings is 1. The molecule has 1 aliphatic rings. The van der Waals surface area contributed by atoms with E-state index < -0.39 is 11.9 Å². The first-order chi connectivity index (χ1) is 11.5. The van der Waals surface area contributed by atoms with Crippen molar-refractivity contribution in [2.24, 2.45) is 4.99 Å². The van der Waals surface area contributed by atoms with Crippen LogP contribution in [-0.2, 0) is 19.1 Å². The van der Waals surface area contributed by atoms with Crippen LogP contribution in [0.5, 0.6) is 0 Å². The van der Waals surface area contributed by atoms with Crippen molar-refractivity contribution < 1.29 is 13.2 Å². The van der Waals surface area contributed by atoms with E-state index >= 15 is 0 Å². The second-order valence-corrected chi connectivity index (χ2v) is 6.47. The van der Waals surface area contributed by atoms with Gasteiger partial charge in [-0.25, -0.2) is 4.98 Å². The van der Waals surface area contributed by atoms with Crippen molar-refractivity contribution in [3.63, 3.8) is 0 Å². The molecule has 3 rings (SSSR count). The first kappa shape index (κ1) is 20.0. The minimum Gasteiger partial charge on any atom is -0.356 e. The fourth-order valence-electron chi connectivity index (χ4n) is 2.67. The Bertz CT molecular complexity index is 745. The van der Waals surface area contributed by atoms with E-state index in [9.17, 15) is 13.2 Å². The summed E-state index contributed by atoms with van der Waals surface area (Å²) in [6, 6.07) is 8.31. The lowest BCUT2D eigenvalue weighted by atomic mass is 9.78. The Kier molecular flexibility index (Phi) is 6.66. The maximum atomic E-state index is 12.5. The number of aromatic nitrogens is 1. The Morgan fingerprint density at radius 1 is 1.32 bits per heavy atom. The Balaban J connectivity index is 0.00000225. The molecular weight excluding hydrogens is 464 g/mol. The van der Waals surface area contributed by atoms with Gasteiger partial charge in [0.25, 0.3) is 0 Å². The standard InChI is InChI=1S/C16H17F3N4S.HI/c1-20-15(21-7-11-6-10-4-2-3-5-12(10)11)22-8-14-23-13(9-24-14)16(17,18)19;/h2-5,9,11H,6-8H2,1H3,(H2,20,21,22);1H. The molecule has 0 radical (unpaired) electrons. The Morgan fingerprint density at radius 2 is 2.08 bits per heavy atom. The predicted octanol–water partition coefficient (Wildman–Crippen LogP) is 3.78. The van der Waals surface area contributed by atoms with E-state index in [2.05, 4.69) is 32.7 Å². The molecule has 1 heterocycles. The molecule has 9 heteroatoms. The lowest BCUT2D eigenvalue weighted by molar-refractivity contribution is -0.140. The number of aliphatic imine (C=N–C) groups is 1. The van der Waals surface area contributed by atoms with Crippen molar-refractivity contribution in [2.75, 3.05) is 13.6 Å². The molecule has 0 amide bonds. The van der Waals surface area contributed by atoms with E-state index in [4.69, 9.17) is 0 Å². The van der Waals surface area contributed by atoms with Crippen LogP contribution >= 0.6 is 35.3 Å². The van der Waals surface area contributed by atoms with Crippen molar-refractivity contribution in [1.82, 2.24) is 15.6 Å². The Morgan fingerprint density at radius 3 is 2.72 bits per heavy atom. The number of hydrogen-bond acceptors (Lipinski definition) is 3. The van der Waals surface area contributed by atoms with E-state index in [-0.39, 0.29) is 30.5 Å². The normalized spacial score (nSPS) is 16.5. The third kappa shape index (κ3) is 4.84. The molecule has 1 aromatic heterocycles. The van der Waals surface area contributed by atoms with Crippen molar-refractivity contribution in [2.45, 2.75) is 25.1 Å². The average molecular weight is 482 g/mol. The van der Waals surface area contributed by atoms with Crippen LogP contribution in [0, 0.1) is 0 Å². The van der Waals surface area contributed by atoms with Crippen molar-refractivity contribution in [3.05, 3.63) is 51.5 Å². The highest BCUT2D eigenvalue weighted by Crippen LogP contribution is 2.34. The summed E-state index contributed by atoms with van der Waals surface area (Å²) in [6.45, 7) is 0.948. The zero-order chi connectivity index (χ0) is 17.2. The lowest BCUT2D eigenvalue weighted by Gasteiger charge is -2.30. The number of guanidine groups is 1. The van der Waals surface area contributed by atoms with Crippen LogP contribution in [-0.4, -0.2) is 24.5 Å². The van der Waals surface area contributed by atoms with E-state index in [0.29, 0.717) is 16.9 Å². The number of halogens is 4. The second-order valence-electron chi connectivity index (χ2n) is 5.53. The molecule has 1 atom stereocenters. The average Bonchev–Trinajstić information content (AvgIpc) is 3.00. The van der Waals surface area contributed by atoms with Gasteiger partial charge in [0.2, 0.25) is 0 Å². The molecule has 1 unspecified atom stereocenters. The van der Waals surface area contributed by atoms with Gasteiger partial charge in [-0.05, 0) is 17.5 Å². The van der Waals surface area contributed by atoms with Crippen LogP contribution in [0.2, 0.25) is 0 Å². The van der Waals surface area contributed by atoms with E-state index in [0.717, 1.165) is 29.7 Å². The van der Waals surface area contributed by atoms with Crippen LogP contribution < -0.4 is 10.6 Å². The molecule has 2 aromatic rings. The van der Waals surface area contributed by atoms with Crippen molar-refractivity contribution in [3.8, 4) is 0 Å². The molecule has 0 bridgehead atoms. The van der Waals surface area contributed by atoms with Gasteiger partial charge in [-0.3, -0.25) is 4.99 Å². The summed E-state index contributed by atoms with van der Waals surface area (Å²) in [4.78, 5) is 7.68. The number of hydrogen-bond donors (Lipinski definition) is 2. The summed E-state index contributed by atoms with van der Waals surface area (Å²) in [5.74, 6) is 1.000. The summed E-state index contributed by atoms with van der Waals surface area (Å²) in [5.41, 5.74) is 1.86. The molecule has 0 aliphatic heterocycles. The molecular formula is C16H18F3IN4S. The van der Waals surface area contributed by atoms with Gasteiger partial charge in [0, 0.05) is 24.9 Å². The first-order valence-corrected chi connectivity index (χ1v) is 8.39. The monoisotopic (exact) mass is 482 g/mol. The van der Waals surface area contributed by atoms with E-state index in [1.165, 1.54) is 11.1 Å². The predicted molar refractivity (Wildman–Crippen MR) is 104 cm³/mol. The van der Waals surface area contributed by atoms with Gasteiger partial charge in [-0.1, -0.05) is 24.3 Å². The van der Waals surface area contributed by atoms with E-state index in [1.54, 1.807) is 7.05 Å². The molecule has 4 nitrogen and oxygen atoms in total. The van der Waals surface area contributed by atoms with Gasteiger partial charge in [0.15, 0.2) is 11.7 Å². The third-order valence-electron chi connectivity index (χ3n) is 3.95. The zero-order valence-electron chi connectivity index (χ0n) is 13.4. The zero-order valence-corrected chi connectivity index (χ0v) is 16.6. The van der Waals surface area contributed by atoms with Gasteiger partial charge in [0.1, 0.15) is 5.01 Å². The minimum atomic E-state index is -4.40. The van der Waals surface area contributed by atoms with Crippen LogP contribution in [0.3, 0.4) is 0 Å². The fourth-order valence-corrected chi connectivity index (χ4v) is 3.41. The van der Waals surface area contributed by atoms with Gasteiger partial charge in [-0.15, -0.1) is 35.3 Å². The molecule has 25 heavy (non-hydrogen) atoms. The second kappa shape index (κ2) is 8.35. The fraction of sp³-hybridized carbons (Fsp3) is 0.375. The molecule has 2 N–H and O–H groups in total. The molecule has 1 aliphatic carbocycles. The topological polar surface area (TPSA) is 49.3 Å². The molecule has 0 spiro atoms. The highest BCUT2D eigenvalue weighted by molar-refractivity contribution is 14.0. The van der Waals surface area contributed by atoms with Gasteiger partial charge in [-0.2, -0.15) is 13.2 Å².